The van der Waals surface area contributed by atoms with Crippen LogP contribution in [0.5, 0.6) is 0 Å². The van der Waals surface area contributed by atoms with Crippen molar-refractivity contribution in [2.45, 2.75) is 39.0 Å². The van der Waals surface area contributed by atoms with Crippen LogP contribution in [0.2, 0.25) is 0 Å². The fourth-order valence-corrected chi connectivity index (χ4v) is 5.64. The number of aliphatic imine (C=N–C) groups is 1. The van der Waals surface area contributed by atoms with Gasteiger partial charge in [0.1, 0.15) is 0 Å². The van der Waals surface area contributed by atoms with E-state index in [1.165, 1.54) is 43.8 Å². The van der Waals surface area contributed by atoms with Crippen molar-refractivity contribution in [2.24, 2.45) is 34.6 Å². The zero-order valence-corrected chi connectivity index (χ0v) is 18.5. The van der Waals surface area contributed by atoms with Crippen molar-refractivity contribution in [2.75, 3.05) is 46.3 Å². The van der Waals surface area contributed by atoms with Gasteiger partial charge in [0.2, 0.25) is 11.8 Å². The van der Waals surface area contributed by atoms with Gasteiger partial charge in [-0.05, 0) is 69.5 Å². The summed E-state index contributed by atoms with van der Waals surface area (Å²) in [7, 11) is 1.75. The van der Waals surface area contributed by atoms with Gasteiger partial charge in [-0.15, -0.1) is 0 Å². The quantitative estimate of drug-likeness (QED) is 0.206. The van der Waals surface area contributed by atoms with Crippen molar-refractivity contribution >= 4 is 17.8 Å². The Labute approximate surface area is 180 Å². The van der Waals surface area contributed by atoms with Gasteiger partial charge < -0.3 is 15.5 Å². The van der Waals surface area contributed by atoms with Crippen LogP contribution in [0.4, 0.5) is 0 Å². The number of fused-ring (bicyclic) bond motifs is 5. The van der Waals surface area contributed by atoms with Crippen molar-refractivity contribution in [3.05, 3.63) is 12.2 Å². The van der Waals surface area contributed by atoms with E-state index < -0.39 is 0 Å². The Morgan fingerprint density at radius 2 is 1.63 bits per heavy atom. The number of hydrogen-bond donors (Lipinski definition) is 2. The van der Waals surface area contributed by atoms with E-state index in [4.69, 9.17) is 0 Å². The maximum Gasteiger partial charge on any atom is 0.233 e. The first kappa shape index (κ1) is 21.3. The van der Waals surface area contributed by atoms with Crippen LogP contribution in [0, 0.1) is 29.6 Å². The Bertz CT molecular complexity index is 668. The summed E-state index contributed by atoms with van der Waals surface area (Å²) in [4.78, 5) is 33.8. The van der Waals surface area contributed by atoms with E-state index in [0.717, 1.165) is 31.3 Å². The molecule has 2 N–H and O–H groups in total. The molecule has 4 aliphatic rings. The van der Waals surface area contributed by atoms with Crippen molar-refractivity contribution in [3.63, 3.8) is 0 Å². The maximum absolute atomic E-state index is 12.7. The van der Waals surface area contributed by atoms with E-state index in [1.807, 2.05) is 0 Å². The van der Waals surface area contributed by atoms with Crippen LogP contribution in [-0.4, -0.2) is 73.9 Å². The minimum absolute atomic E-state index is 0.0266. The minimum Gasteiger partial charge on any atom is -0.356 e. The normalized spacial score (nSPS) is 31.7. The van der Waals surface area contributed by atoms with Crippen molar-refractivity contribution in [1.82, 2.24) is 20.4 Å². The van der Waals surface area contributed by atoms with E-state index >= 15 is 0 Å². The number of hydrogen-bond acceptors (Lipinski definition) is 4. The number of nitrogens with one attached hydrogen (secondary N) is 2. The van der Waals surface area contributed by atoms with Gasteiger partial charge in [0.15, 0.2) is 5.96 Å². The highest BCUT2D eigenvalue weighted by Crippen LogP contribution is 2.52. The second kappa shape index (κ2) is 9.50. The number of likely N-dealkylation sites (tertiary alicyclic amines) is 2. The van der Waals surface area contributed by atoms with E-state index in [0.29, 0.717) is 13.1 Å². The molecule has 4 rings (SSSR count). The first-order chi connectivity index (χ1) is 14.6. The van der Waals surface area contributed by atoms with Crippen molar-refractivity contribution in [3.8, 4) is 0 Å². The fourth-order valence-electron chi connectivity index (χ4n) is 5.64. The molecule has 4 atom stereocenters. The molecule has 7 nitrogen and oxygen atoms in total. The molecule has 2 saturated heterocycles. The van der Waals surface area contributed by atoms with Crippen molar-refractivity contribution < 1.29 is 9.59 Å². The number of unbranched alkanes of at least 4 members (excludes halogenated alkanes) is 1. The number of allylic oxidation sites excluding steroid dienone is 2. The summed E-state index contributed by atoms with van der Waals surface area (Å²) in [5, 5.41) is 6.60. The van der Waals surface area contributed by atoms with E-state index in [9.17, 15) is 9.59 Å². The predicted molar refractivity (Wildman–Crippen MR) is 118 cm³/mol. The van der Waals surface area contributed by atoms with E-state index in [-0.39, 0.29) is 35.5 Å². The highest BCUT2D eigenvalue weighted by atomic mass is 16.2. The van der Waals surface area contributed by atoms with Crippen LogP contribution in [0.3, 0.4) is 0 Å². The summed E-state index contributed by atoms with van der Waals surface area (Å²) in [5.74, 6) is 2.02. The third-order valence-electron chi connectivity index (χ3n) is 7.48. The standard InChI is InChI=1S/C23H37N5O2/c1-16-7-12-27(13-8-16)11-4-3-9-25-23(24-2)26-10-14-28-21(29)19-17-5-6-18(15-17)20(19)22(28)30/h5-6,16-20H,3-4,7-15H2,1-2H3,(H2,24,25,26). The molecule has 0 radical (unpaired) electrons. The number of guanidine groups is 1. The molecule has 0 aromatic heterocycles. The topological polar surface area (TPSA) is 77.0 Å². The highest BCUT2D eigenvalue weighted by Gasteiger charge is 2.58. The lowest BCUT2D eigenvalue weighted by molar-refractivity contribution is -0.140. The third kappa shape index (κ3) is 4.41. The first-order valence-corrected chi connectivity index (χ1v) is 11.8. The van der Waals surface area contributed by atoms with Crippen LogP contribution < -0.4 is 10.6 Å². The molecular formula is C23H37N5O2. The third-order valence-corrected chi connectivity index (χ3v) is 7.48. The molecule has 3 fully saturated rings. The second-order valence-electron chi connectivity index (χ2n) is 9.49. The molecule has 30 heavy (non-hydrogen) atoms. The summed E-state index contributed by atoms with van der Waals surface area (Å²) in [6.45, 7) is 7.84. The first-order valence-electron chi connectivity index (χ1n) is 11.8. The number of carbonyl (C=O) groups is 2. The summed E-state index contributed by atoms with van der Waals surface area (Å²) in [5.41, 5.74) is 0. The van der Waals surface area contributed by atoms with Crippen LogP contribution in [0.1, 0.15) is 39.0 Å². The van der Waals surface area contributed by atoms with Crippen LogP contribution in [0.25, 0.3) is 0 Å². The largest absolute Gasteiger partial charge is 0.356 e. The predicted octanol–water partition coefficient (Wildman–Crippen LogP) is 1.47. The summed E-state index contributed by atoms with van der Waals surface area (Å²) in [6, 6.07) is 0. The van der Waals surface area contributed by atoms with Crippen LogP contribution in [0.15, 0.2) is 17.1 Å². The van der Waals surface area contributed by atoms with E-state index in [1.54, 1.807) is 7.05 Å². The van der Waals surface area contributed by atoms with Crippen LogP contribution in [-0.2, 0) is 9.59 Å². The number of nitrogens with zero attached hydrogens (tertiary/aromatic N) is 3. The van der Waals surface area contributed by atoms with Gasteiger partial charge in [-0.1, -0.05) is 19.1 Å². The molecule has 0 aromatic rings. The summed E-state index contributed by atoms with van der Waals surface area (Å²) in [6.07, 6.45) is 10.2. The molecule has 1 saturated carbocycles. The average Bonchev–Trinajstić information content (AvgIpc) is 3.43. The van der Waals surface area contributed by atoms with Gasteiger partial charge in [0.25, 0.3) is 0 Å². The Kier molecular flexibility index (Phi) is 6.76. The summed E-state index contributed by atoms with van der Waals surface area (Å²) >= 11 is 0. The lowest BCUT2D eigenvalue weighted by Crippen LogP contribution is -2.44. The molecule has 0 spiro atoms. The maximum atomic E-state index is 12.7. The molecule has 2 aliphatic heterocycles. The van der Waals surface area contributed by atoms with Gasteiger partial charge >= 0.3 is 0 Å². The zero-order chi connectivity index (χ0) is 21.1. The smallest absolute Gasteiger partial charge is 0.233 e. The molecule has 2 amide bonds. The monoisotopic (exact) mass is 415 g/mol. The Balaban J connectivity index is 1.11. The number of piperidine rings is 1. The molecule has 4 unspecified atom stereocenters. The molecule has 2 aliphatic carbocycles. The second-order valence-corrected chi connectivity index (χ2v) is 9.49. The zero-order valence-electron chi connectivity index (χ0n) is 18.5. The molecule has 2 heterocycles. The Morgan fingerprint density at radius 3 is 2.27 bits per heavy atom. The summed E-state index contributed by atoms with van der Waals surface area (Å²) < 4.78 is 0. The van der Waals surface area contributed by atoms with Gasteiger partial charge in [-0.2, -0.15) is 0 Å². The van der Waals surface area contributed by atoms with Gasteiger partial charge in [0, 0.05) is 26.7 Å². The Morgan fingerprint density at radius 1 is 1.00 bits per heavy atom. The molecule has 0 aromatic carbocycles. The highest BCUT2D eigenvalue weighted by molar-refractivity contribution is 6.06. The minimum atomic E-state index is -0.104. The number of amides is 2. The molecule has 7 heteroatoms. The van der Waals surface area contributed by atoms with Crippen LogP contribution >= 0.6 is 0 Å². The fraction of sp³-hybridized carbons (Fsp3) is 0.783. The molecule has 2 bridgehead atoms. The number of carbonyl (C=O) groups excluding carboxylic acids is 2. The SMILES string of the molecule is CN=C(NCCCCN1CCC(C)CC1)NCCN1C(=O)C2C3C=CC(C3)C2C1=O. The van der Waals surface area contributed by atoms with Gasteiger partial charge in [-0.25, -0.2) is 0 Å². The van der Waals surface area contributed by atoms with E-state index in [2.05, 4.69) is 39.6 Å². The van der Waals surface area contributed by atoms with Gasteiger partial charge in [-0.3, -0.25) is 19.5 Å². The molecular weight excluding hydrogens is 378 g/mol. The molecule has 166 valence electrons. The number of rotatable bonds is 8. The average molecular weight is 416 g/mol. The lowest BCUT2D eigenvalue weighted by Gasteiger charge is -2.30. The van der Waals surface area contributed by atoms with Gasteiger partial charge in [0.05, 0.1) is 11.8 Å². The Hall–Kier alpha value is -1.89. The lowest BCUT2D eigenvalue weighted by atomic mass is 9.85. The van der Waals surface area contributed by atoms with Crippen molar-refractivity contribution in [1.29, 1.82) is 0 Å². The number of imide groups is 1.